The van der Waals surface area contributed by atoms with Crippen molar-refractivity contribution >= 4 is 23.2 Å². The molecule has 15 heavy (non-hydrogen) atoms. The standard InChI is InChI=1S/C9H8Cl2N4/c10-6-1-7(11)3-8(2-6)15-5-13-9(4-12)14-15/h1-3,5H,4,12H2. The molecule has 78 valence electrons. The average molecular weight is 243 g/mol. The Hall–Kier alpha value is -1.10. The molecule has 1 aromatic heterocycles. The first kappa shape index (κ1) is 10.4. The number of hydrogen-bond acceptors (Lipinski definition) is 3. The van der Waals surface area contributed by atoms with Crippen molar-refractivity contribution in [3.8, 4) is 5.69 Å². The topological polar surface area (TPSA) is 56.7 Å². The van der Waals surface area contributed by atoms with E-state index < -0.39 is 0 Å². The first-order valence-electron chi connectivity index (χ1n) is 4.26. The molecule has 1 aromatic carbocycles. The summed E-state index contributed by atoms with van der Waals surface area (Å²) in [6.07, 6.45) is 1.57. The van der Waals surface area contributed by atoms with Crippen LogP contribution in [0.1, 0.15) is 5.82 Å². The molecule has 4 nitrogen and oxygen atoms in total. The summed E-state index contributed by atoms with van der Waals surface area (Å²) < 4.78 is 1.58. The molecule has 0 amide bonds. The van der Waals surface area contributed by atoms with Crippen LogP contribution in [0.25, 0.3) is 5.69 Å². The summed E-state index contributed by atoms with van der Waals surface area (Å²) in [5.74, 6) is 0.575. The van der Waals surface area contributed by atoms with Crippen molar-refractivity contribution < 1.29 is 0 Å². The Kier molecular flexibility index (Phi) is 2.90. The molecule has 0 fully saturated rings. The molecule has 0 saturated carbocycles. The summed E-state index contributed by atoms with van der Waals surface area (Å²) in [5.41, 5.74) is 6.17. The van der Waals surface area contributed by atoms with Gasteiger partial charge in [0.25, 0.3) is 0 Å². The van der Waals surface area contributed by atoms with Gasteiger partial charge in [0.2, 0.25) is 0 Å². The number of nitrogens with zero attached hydrogens (tertiary/aromatic N) is 3. The molecule has 2 N–H and O–H groups in total. The molecule has 1 heterocycles. The largest absolute Gasteiger partial charge is 0.324 e. The van der Waals surface area contributed by atoms with Gasteiger partial charge in [0.05, 0.1) is 12.2 Å². The van der Waals surface area contributed by atoms with Crippen LogP contribution in [-0.4, -0.2) is 14.8 Å². The Labute approximate surface area is 96.6 Å². The third-order valence-electron chi connectivity index (χ3n) is 1.83. The lowest BCUT2D eigenvalue weighted by Crippen LogP contribution is -2.01. The van der Waals surface area contributed by atoms with E-state index >= 15 is 0 Å². The lowest BCUT2D eigenvalue weighted by atomic mass is 10.3. The lowest BCUT2D eigenvalue weighted by molar-refractivity contribution is 0.830. The van der Waals surface area contributed by atoms with Crippen LogP contribution in [0.2, 0.25) is 10.0 Å². The van der Waals surface area contributed by atoms with Gasteiger partial charge in [-0.15, -0.1) is 5.10 Å². The van der Waals surface area contributed by atoms with Gasteiger partial charge >= 0.3 is 0 Å². The maximum absolute atomic E-state index is 5.87. The predicted molar refractivity (Wildman–Crippen MR) is 59.3 cm³/mol. The molecule has 0 aliphatic heterocycles. The van der Waals surface area contributed by atoms with E-state index in [4.69, 9.17) is 28.9 Å². The normalized spacial score (nSPS) is 10.6. The number of nitrogens with two attached hydrogens (primary N) is 1. The van der Waals surface area contributed by atoms with Gasteiger partial charge in [-0.25, -0.2) is 9.67 Å². The van der Waals surface area contributed by atoms with E-state index in [0.717, 1.165) is 5.69 Å². The van der Waals surface area contributed by atoms with Gasteiger partial charge in [0.1, 0.15) is 6.33 Å². The van der Waals surface area contributed by atoms with Crippen LogP contribution in [0.4, 0.5) is 0 Å². The number of hydrogen-bond donors (Lipinski definition) is 1. The molecule has 0 aliphatic rings. The third kappa shape index (κ3) is 2.28. The molecule has 2 aromatic rings. The van der Waals surface area contributed by atoms with Crippen molar-refractivity contribution in [3.05, 3.63) is 40.4 Å². The number of rotatable bonds is 2. The quantitative estimate of drug-likeness (QED) is 0.877. The lowest BCUT2D eigenvalue weighted by Gasteiger charge is -2.01. The highest BCUT2D eigenvalue weighted by Gasteiger charge is 2.03. The summed E-state index contributed by atoms with van der Waals surface area (Å²) in [6, 6.07) is 5.16. The Balaban J connectivity index is 2.44. The zero-order valence-electron chi connectivity index (χ0n) is 7.69. The van der Waals surface area contributed by atoms with Gasteiger partial charge in [-0.05, 0) is 18.2 Å². The van der Waals surface area contributed by atoms with Crippen LogP contribution in [0.5, 0.6) is 0 Å². The minimum atomic E-state index is 0.307. The fraction of sp³-hybridized carbons (Fsp3) is 0.111. The second-order valence-electron chi connectivity index (χ2n) is 2.94. The molecule has 0 aliphatic carbocycles. The first-order valence-corrected chi connectivity index (χ1v) is 5.01. The van der Waals surface area contributed by atoms with Crippen molar-refractivity contribution in [2.24, 2.45) is 5.73 Å². The number of aromatic nitrogens is 3. The minimum Gasteiger partial charge on any atom is -0.324 e. The van der Waals surface area contributed by atoms with Crippen LogP contribution < -0.4 is 5.73 Å². The number of benzene rings is 1. The van der Waals surface area contributed by atoms with Crippen molar-refractivity contribution in [1.82, 2.24) is 14.8 Å². The molecule has 0 spiro atoms. The highest BCUT2D eigenvalue weighted by molar-refractivity contribution is 6.34. The van der Waals surface area contributed by atoms with Gasteiger partial charge in [0, 0.05) is 10.0 Å². The number of halogens is 2. The van der Waals surface area contributed by atoms with Gasteiger partial charge in [-0.2, -0.15) is 0 Å². The minimum absolute atomic E-state index is 0.307. The van der Waals surface area contributed by atoms with E-state index in [1.807, 2.05) is 0 Å². The molecular formula is C9H8Cl2N4. The molecule has 0 radical (unpaired) electrons. The highest BCUT2D eigenvalue weighted by Crippen LogP contribution is 2.21. The molecule has 0 unspecified atom stereocenters. The van der Waals surface area contributed by atoms with Gasteiger partial charge in [-0.3, -0.25) is 0 Å². The molecule has 6 heteroatoms. The Morgan fingerprint density at radius 3 is 2.40 bits per heavy atom. The second kappa shape index (κ2) is 4.18. The van der Waals surface area contributed by atoms with Crippen molar-refractivity contribution in [1.29, 1.82) is 0 Å². The van der Waals surface area contributed by atoms with E-state index in [1.165, 1.54) is 0 Å². The predicted octanol–water partition coefficient (Wildman–Crippen LogP) is 2.03. The van der Waals surface area contributed by atoms with Gasteiger partial charge in [-0.1, -0.05) is 23.2 Å². The molecule has 0 atom stereocenters. The maximum Gasteiger partial charge on any atom is 0.164 e. The summed E-state index contributed by atoms with van der Waals surface area (Å²) >= 11 is 11.7. The Morgan fingerprint density at radius 1 is 1.20 bits per heavy atom. The molecule has 0 saturated heterocycles. The Morgan fingerprint density at radius 2 is 1.87 bits per heavy atom. The van der Waals surface area contributed by atoms with Crippen molar-refractivity contribution in [3.63, 3.8) is 0 Å². The molecular weight excluding hydrogens is 235 g/mol. The molecule has 0 bridgehead atoms. The SMILES string of the molecule is NCc1ncn(-c2cc(Cl)cc(Cl)c2)n1. The van der Waals surface area contributed by atoms with Crippen LogP contribution in [0.3, 0.4) is 0 Å². The smallest absolute Gasteiger partial charge is 0.164 e. The first-order chi connectivity index (χ1) is 7.19. The van der Waals surface area contributed by atoms with Gasteiger partial charge < -0.3 is 5.73 Å². The monoisotopic (exact) mass is 242 g/mol. The summed E-state index contributed by atoms with van der Waals surface area (Å²) in [4.78, 5) is 4.01. The summed E-state index contributed by atoms with van der Waals surface area (Å²) in [5, 5.41) is 5.26. The van der Waals surface area contributed by atoms with E-state index in [-0.39, 0.29) is 0 Å². The van der Waals surface area contributed by atoms with E-state index in [2.05, 4.69) is 10.1 Å². The highest BCUT2D eigenvalue weighted by atomic mass is 35.5. The summed E-state index contributed by atoms with van der Waals surface area (Å²) in [7, 11) is 0. The zero-order chi connectivity index (χ0) is 10.8. The molecule has 2 rings (SSSR count). The van der Waals surface area contributed by atoms with Gasteiger partial charge in [0.15, 0.2) is 5.82 Å². The second-order valence-corrected chi connectivity index (χ2v) is 3.81. The van der Waals surface area contributed by atoms with Crippen molar-refractivity contribution in [2.45, 2.75) is 6.54 Å². The van der Waals surface area contributed by atoms with Crippen LogP contribution in [0.15, 0.2) is 24.5 Å². The van der Waals surface area contributed by atoms with E-state index in [9.17, 15) is 0 Å². The van der Waals surface area contributed by atoms with Crippen LogP contribution >= 0.6 is 23.2 Å². The Bertz CT molecular complexity index is 460. The average Bonchev–Trinajstić information content (AvgIpc) is 2.64. The fourth-order valence-electron chi connectivity index (χ4n) is 1.19. The van der Waals surface area contributed by atoms with E-state index in [1.54, 1.807) is 29.2 Å². The van der Waals surface area contributed by atoms with Crippen LogP contribution in [-0.2, 0) is 6.54 Å². The van der Waals surface area contributed by atoms with Crippen LogP contribution in [0, 0.1) is 0 Å². The zero-order valence-corrected chi connectivity index (χ0v) is 9.20. The fourth-order valence-corrected chi connectivity index (χ4v) is 1.70. The van der Waals surface area contributed by atoms with E-state index in [0.29, 0.717) is 22.4 Å². The summed E-state index contributed by atoms with van der Waals surface area (Å²) in [6.45, 7) is 0.307. The maximum atomic E-state index is 5.87. The third-order valence-corrected chi connectivity index (χ3v) is 2.27. The van der Waals surface area contributed by atoms with Crippen molar-refractivity contribution in [2.75, 3.05) is 0 Å².